The summed E-state index contributed by atoms with van der Waals surface area (Å²) >= 11 is 1.79. The van der Waals surface area contributed by atoms with Gasteiger partial charge < -0.3 is 9.64 Å². The number of likely N-dealkylation sites (N-methyl/N-ethyl adjacent to an activating group) is 1. The van der Waals surface area contributed by atoms with Crippen LogP contribution in [0, 0.1) is 0 Å². The Balaban J connectivity index is 1.95. The average Bonchev–Trinajstić information content (AvgIpc) is 2.90. The number of hydrogen-bond donors (Lipinski definition) is 0. The van der Waals surface area contributed by atoms with Gasteiger partial charge in [0, 0.05) is 24.5 Å². The van der Waals surface area contributed by atoms with E-state index in [4.69, 9.17) is 4.74 Å². The first-order valence-electron chi connectivity index (χ1n) is 5.98. The SMILES string of the molecule is CCOc1cc(N(C)CCc2cccs2)ncn1. The average molecular weight is 263 g/mol. The monoisotopic (exact) mass is 263 g/mol. The van der Waals surface area contributed by atoms with Gasteiger partial charge in [0.1, 0.15) is 12.1 Å². The molecule has 2 aromatic rings. The molecule has 0 amide bonds. The summed E-state index contributed by atoms with van der Waals surface area (Å²) in [5.74, 6) is 1.52. The van der Waals surface area contributed by atoms with Crippen molar-refractivity contribution in [1.29, 1.82) is 0 Å². The summed E-state index contributed by atoms with van der Waals surface area (Å²) in [5.41, 5.74) is 0. The smallest absolute Gasteiger partial charge is 0.218 e. The molecule has 0 unspecified atom stereocenters. The molecule has 2 rings (SSSR count). The zero-order valence-electron chi connectivity index (χ0n) is 10.7. The third-order valence-electron chi connectivity index (χ3n) is 2.58. The van der Waals surface area contributed by atoms with Crippen LogP contribution in [0.4, 0.5) is 5.82 Å². The number of ether oxygens (including phenoxy) is 1. The van der Waals surface area contributed by atoms with Crippen LogP contribution in [0.15, 0.2) is 29.9 Å². The Bertz CT molecular complexity index is 473. The third kappa shape index (κ3) is 3.43. The van der Waals surface area contributed by atoms with E-state index >= 15 is 0 Å². The highest BCUT2D eigenvalue weighted by Gasteiger charge is 2.05. The predicted molar refractivity (Wildman–Crippen MR) is 74.5 cm³/mol. The Labute approximate surface area is 111 Å². The summed E-state index contributed by atoms with van der Waals surface area (Å²) in [6, 6.07) is 6.11. The molecule has 0 fully saturated rings. The first-order chi connectivity index (χ1) is 8.79. The molecule has 0 aliphatic heterocycles. The van der Waals surface area contributed by atoms with Crippen LogP contribution in [0.5, 0.6) is 5.88 Å². The molecule has 0 N–H and O–H groups in total. The van der Waals surface area contributed by atoms with Crippen molar-refractivity contribution >= 4 is 17.2 Å². The minimum absolute atomic E-state index is 0.620. The molecular weight excluding hydrogens is 246 g/mol. The van der Waals surface area contributed by atoms with Gasteiger partial charge in [0.2, 0.25) is 5.88 Å². The van der Waals surface area contributed by atoms with Gasteiger partial charge in [0.05, 0.1) is 6.61 Å². The molecule has 0 aromatic carbocycles. The lowest BCUT2D eigenvalue weighted by Gasteiger charge is -2.17. The number of anilines is 1. The first-order valence-corrected chi connectivity index (χ1v) is 6.86. The molecule has 0 spiro atoms. The fourth-order valence-electron chi connectivity index (χ4n) is 1.61. The zero-order chi connectivity index (χ0) is 12.8. The van der Waals surface area contributed by atoms with E-state index in [1.807, 2.05) is 20.0 Å². The number of rotatable bonds is 6. The lowest BCUT2D eigenvalue weighted by Crippen LogP contribution is -2.21. The Morgan fingerprint density at radius 2 is 2.28 bits per heavy atom. The highest BCUT2D eigenvalue weighted by Crippen LogP contribution is 2.16. The molecular formula is C13H17N3OS. The molecule has 0 saturated carbocycles. The summed E-state index contributed by atoms with van der Waals surface area (Å²) < 4.78 is 5.37. The van der Waals surface area contributed by atoms with Crippen LogP contribution < -0.4 is 9.64 Å². The lowest BCUT2D eigenvalue weighted by molar-refractivity contribution is 0.326. The normalized spacial score (nSPS) is 10.3. The molecule has 0 radical (unpaired) electrons. The van der Waals surface area contributed by atoms with Crippen LogP contribution in [0.25, 0.3) is 0 Å². The molecule has 2 heterocycles. The third-order valence-corrected chi connectivity index (χ3v) is 3.52. The molecule has 96 valence electrons. The van der Waals surface area contributed by atoms with E-state index < -0.39 is 0 Å². The van der Waals surface area contributed by atoms with Crippen molar-refractivity contribution in [3.8, 4) is 5.88 Å². The van der Waals surface area contributed by atoms with E-state index in [9.17, 15) is 0 Å². The van der Waals surface area contributed by atoms with Gasteiger partial charge in [-0.25, -0.2) is 9.97 Å². The fraction of sp³-hybridized carbons (Fsp3) is 0.385. The Hall–Kier alpha value is -1.62. The summed E-state index contributed by atoms with van der Waals surface area (Å²) in [6.07, 6.45) is 2.57. The van der Waals surface area contributed by atoms with E-state index in [1.54, 1.807) is 17.7 Å². The van der Waals surface area contributed by atoms with Gasteiger partial charge in [0.25, 0.3) is 0 Å². The maximum absolute atomic E-state index is 5.37. The van der Waals surface area contributed by atoms with E-state index in [0.717, 1.165) is 18.8 Å². The number of hydrogen-bond acceptors (Lipinski definition) is 5. The number of aromatic nitrogens is 2. The van der Waals surface area contributed by atoms with Crippen molar-refractivity contribution < 1.29 is 4.74 Å². The van der Waals surface area contributed by atoms with Crippen molar-refractivity contribution in [2.24, 2.45) is 0 Å². The Kier molecular flexibility index (Phi) is 4.52. The van der Waals surface area contributed by atoms with Crippen LogP contribution in [0.2, 0.25) is 0 Å². The molecule has 0 aliphatic carbocycles. The van der Waals surface area contributed by atoms with Crippen LogP contribution in [-0.2, 0) is 6.42 Å². The van der Waals surface area contributed by atoms with Gasteiger partial charge >= 0.3 is 0 Å². The number of nitrogens with zero attached hydrogens (tertiary/aromatic N) is 3. The van der Waals surface area contributed by atoms with Gasteiger partial charge in [-0.15, -0.1) is 11.3 Å². The summed E-state index contributed by atoms with van der Waals surface area (Å²) in [4.78, 5) is 11.8. The molecule has 4 nitrogen and oxygen atoms in total. The van der Waals surface area contributed by atoms with Crippen molar-refractivity contribution in [2.75, 3.05) is 25.1 Å². The second-order valence-electron chi connectivity index (χ2n) is 3.90. The largest absolute Gasteiger partial charge is 0.478 e. The predicted octanol–water partition coefficient (Wildman–Crippen LogP) is 2.62. The standard InChI is InChI=1S/C13H17N3OS/c1-3-17-13-9-12(14-10-15-13)16(2)7-6-11-5-4-8-18-11/h4-5,8-10H,3,6-7H2,1-2H3. The van der Waals surface area contributed by atoms with Gasteiger partial charge in [0.15, 0.2) is 0 Å². The molecule has 0 atom stereocenters. The maximum atomic E-state index is 5.37. The number of thiophene rings is 1. The van der Waals surface area contributed by atoms with Gasteiger partial charge in [-0.05, 0) is 24.8 Å². The molecule has 0 saturated heterocycles. The lowest BCUT2D eigenvalue weighted by atomic mass is 10.3. The Morgan fingerprint density at radius 1 is 1.39 bits per heavy atom. The summed E-state index contributed by atoms with van der Waals surface area (Å²) in [6.45, 7) is 3.50. The first kappa shape index (κ1) is 12.8. The highest BCUT2D eigenvalue weighted by atomic mass is 32.1. The van der Waals surface area contributed by atoms with E-state index in [2.05, 4.69) is 32.4 Å². The zero-order valence-corrected chi connectivity index (χ0v) is 11.5. The highest BCUT2D eigenvalue weighted by molar-refractivity contribution is 7.09. The van der Waals surface area contributed by atoms with Crippen LogP contribution >= 0.6 is 11.3 Å². The minimum Gasteiger partial charge on any atom is -0.478 e. The minimum atomic E-state index is 0.620. The van der Waals surface area contributed by atoms with Gasteiger partial charge in [-0.3, -0.25) is 0 Å². The fourth-order valence-corrected chi connectivity index (χ4v) is 2.31. The van der Waals surface area contributed by atoms with Gasteiger partial charge in [-0.1, -0.05) is 6.07 Å². The molecule has 0 aliphatic rings. The van der Waals surface area contributed by atoms with E-state index in [1.165, 1.54) is 4.88 Å². The van der Waals surface area contributed by atoms with Crippen molar-refractivity contribution in [3.05, 3.63) is 34.8 Å². The molecule has 5 heteroatoms. The van der Waals surface area contributed by atoms with Crippen molar-refractivity contribution in [2.45, 2.75) is 13.3 Å². The van der Waals surface area contributed by atoms with Crippen molar-refractivity contribution in [3.63, 3.8) is 0 Å². The molecule has 18 heavy (non-hydrogen) atoms. The second kappa shape index (κ2) is 6.35. The maximum Gasteiger partial charge on any atom is 0.218 e. The van der Waals surface area contributed by atoms with E-state index in [0.29, 0.717) is 12.5 Å². The summed E-state index contributed by atoms with van der Waals surface area (Å²) in [5, 5.41) is 2.10. The topological polar surface area (TPSA) is 38.2 Å². The van der Waals surface area contributed by atoms with Crippen LogP contribution in [0.1, 0.15) is 11.8 Å². The van der Waals surface area contributed by atoms with E-state index in [-0.39, 0.29) is 0 Å². The van der Waals surface area contributed by atoms with Gasteiger partial charge in [-0.2, -0.15) is 0 Å². The van der Waals surface area contributed by atoms with Crippen LogP contribution in [-0.4, -0.2) is 30.2 Å². The van der Waals surface area contributed by atoms with Crippen molar-refractivity contribution in [1.82, 2.24) is 9.97 Å². The second-order valence-corrected chi connectivity index (χ2v) is 4.93. The van der Waals surface area contributed by atoms with Crippen LogP contribution in [0.3, 0.4) is 0 Å². The quantitative estimate of drug-likeness (QED) is 0.803. The summed E-state index contributed by atoms with van der Waals surface area (Å²) in [7, 11) is 2.03. The Morgan fingerprint density at radius 3 is 3.00 bits per heavy atom. The molecule has 0 bridgehead atoms. The molecule has 2 aromatic heterocycles.